The zero-order valence-corrected chi connectivity index (χ0v) is 9.91. The second-order valence-electron chi connectivity index (χ2n) is 3.53. The molecule has 2 aromatic rings. The Labute approximate surface area is 109 Å². The lowest BCUT2D eigenvalue weighted by Crippen LogP contribution is -2.35. The van der Waals surface area contributed by atoms with Crippen molar-refractivity contribution in [2.45, 2.75) is 0 Å². The van der Waals surface area contributed by atoms with Gasteiger partial charge < -0.3 is 9.47 Å². The summed E-state index contributed by atoms with van der Waals surface area (Å²) in [5.74, 6) is 0.681. The van der Waals surface area contributed by atoms with Crippen LogP contribution in [0.25, 0.3) is 0 Å². The second kappa shape index (κ2) is 6.20. The number of carbonyl (C=O) groups excluding carboxylic acids is 2. The molecular weight excluding hydrogens is 246 g/mol. The summed E-state index contributed by atoms with van der Waals surface area (Å²) in [5, 5.41) is 1.95. The summed E-state index contributed by atoms with van der Waals surface area (Å²) in [6, 6.07) is 16.8. The Morgan fingerprint density at radius 3 is 1.42 bits per heavy atom. The van der Waals surface area contributed by atoms with Crippen LogP contribution in [0, 0.1) is 0 Å². The van der Waals surface area contributed by atoms with Gasteiger partial charge in [0.15, 0.2) is 0 Å². The molecule has 2 aromatic carbocycles. The van der Waals surface area contributed by atoms with Crippen LogP contribution in [0.3, 0.4) is 0 Å². The first-order valence-corrected chi connectivity index (χ1v) is 5.55. The maximum Gasteiger partial charge on any atom is 0.422 e. The van der Waals surface area contributed by atoms with Crippen LogP contribution in [0.2, 0.25) is 0 Å². The number of benzene rings is 2. The van der Waals surface area contributed by atoms with Crippen LogP contribution in [0.4, 0.5) is 9.59 Å². The maximum atomic E-state index is 11.4. The third-order valence-corrected chi connectivity index (χ3v) is 2.11. The van der Waals surface area contributed by atoms with Crippen LogP contribution in [0.1, 0.15) is 0 Å². The fourth-order valence-electron chi connectivity index (χ4n) is 1.33. The lowest BCUT2D eigenvalue weighted by molar-refractivity contribution is 0.181. The van der Waals surface area contributed by atoms with Crippen molar-refractivity contribution in [3.63, 3.8) is 0 Å². The topological polar surface area (TPSA) is 64.6 Å². The normalized spacial score (nSPS) is 9.47. The van der Waals surface area contributed by atoms with E-state index >= 15 is 0 Å². The first-order valence-electron chi connectivity index (χ1n) is 5.55. The van der Waals surface area contributed by atoms with Gasteiger partial charge in [0, 0.05) is 0 Å². The van der Waals surface area contributed by atoms with Crippen LogP contribution in [0.15, 0.2) is 60.7 Å². The highest BCUT2D eigenvalue weighted by Gasteiger charge is 2.11. The quantitative estimate of drug-likeness (QED) is 0.898. The summed E-state index contributed by atoms with van der Waals surface area (Å²) in [6.07, 6.45) is -1.79. The Bertz CT molecular complexity index is 503. The minimum Gasteiger partial charge on any atom is -0.410 e. The molecule has 0 fully saturated rings. The van der Waals surface area contributed by atoms with Crippen LogP contribution in [0.5, 0.6) is 11.5 Å². The van der Waals surface area contributed by atoms with Crippen LogP contribution in [-0.4, -0.2) is 12.2 Å². The average molecular weight is 257 g/mol. The number of ether oxygens (including phenoxy) is 2. The van der Waals surface area contributed by atoms with E-state index < -0.39 is 12.2 Å². The van der Waals surface area contributed by atoms with Gasteiger partial charge in [0.05, 0.1) is 0 Å². The third-order valence-electron chi connectivity index (χ3n) is 2.11. The van der Waals surface area contributed by atoms with Gasteiger partial charge in [-0.05, 0) is 24.3 Å². The Kier molecular flexibility index (Phi) is 4.12. The lowest BCUT2D eigenvalue weighted by atomic mass is 10.3. The van der Waals surface area contributed by atoms with E-state index in [2.05, 4.69) is 0 Å². The van der Waals surface area contributed by atoms with E-state index in [0.717, 1.165) is 0 Å². The van der Waals surface area contributed by atoms with E-state index in [1.54, 1.807) is 60.7 Å². The molecule has 19 heavy (non-hydrogen) atoms. The molecule has 0 saturated carbocycles. The van der Waals surface area contributed by atoms with Gasteiger partial charge in [0.2, 0.25) is 0 Å². The van der Waals surface area contributed by atoms with Gasteiger partial charge in [0.25, 0.3) is 0 Å². The average Bonchev–Trinajstić information content (AvgIpc) is 2.40. The number of rotatable bonds is 2. The SMILES string of the molecule is O=C(NC(=O)Oc1ccccc1)Oc1ccccc1. The van der Waals surface area contributed by atoms with E-state index in [9.17, 15) is 9.59 Å². The third kappa shape index (κ3) is 4.16. The van der Waals surface area contributed by atoms with E-state index in [1.807, 2.05) is 5.32 Å². The van der Waals surface area contributed by atoms with Crippen LogP contribution < -0.4 is 14.8 Å². The molecule has 0 spiro atoms. The van der Waals surface area contributed by atoms with E-state index in [1.165, 1.54) is 0 Å². The predicted molar refractivity (Wildman–Crippen MR) is 68.1 cm³/mol. The molecule has 1 N–H and O–H groups in total. The Hall–Kier alpha value is -2.82. The Morgan fingerprint density at radius 2 is 1.05 bits per heavy atom. The molecule has 0 radical (unpaired) electrons. The summed E-state index contributed by atoms with van der Waals surface area (Å²) in [6.45, 7) is 0. The molecule has 5 heteroatoms. The second-order valence-corrected chi connectivity index (χ2v) is 3.53. The maximum absolute atomic E-state index is 11.4. The number of carbonyl (C=O) groups is 2. The van der Waals surface area contributed by atoms with Crippen molar-refractivity contribution in [3.05, 3.63) is 60.7 Å². The fourth-order valence-corrected chi connectivity index (χ4v) is 1.33. The van der Waals surface area contributed by atoms with Gasteiger partial charge in [-0.1, -0.05) is 36.4 Å². The zero-order valence-electron chi connectivity index (χ0n) is 9.91. The van der Waals surface area contributed by atoms with Crippen LogP contribution >= 0.6 is 0 Å². The summed E-state index contributed by atoms with van der Waals surface area (Å²) in [7, 11) is 0. The van der Waals surface area contributed by atoms with Gasteiger partial charge in [-0.15, -0.1) is 0 Å². The number of imide groups is 1. The number of hydrogen-bond acceptors (Lipinski definition) is 4. The van der Waals surface area contributed by atoms with E-state index in [4.69, 9.17) is 9.47 Å². The first kappa shape index (κ1) is 12.6. The minimum atomic E-state index is -0.896. The van der Waals surface area contributed by atoms with Crippen molar-refractivity contribution in [2.75, 3.05) is 0 Å². The van der Waals surface area contributed by atoms with Crippen molar-refractivity contribution >= 4 is 12.2 Å². The smallest absolute Gasteiger partial charge is 0.410 e. The molecule has 0 aromatic heterocycles. The number of amides is 2. The molecule has 0 unspecified atom stereocenters. The number of hydrogen-bond donors (Lipinski definition) is 1. The molecule has 0 aliphatic rings. The van der Waals surface area contributed by atoms with Crippen molar-refractivity contribution in [1.82, 2.24) is 5.32 Å². The van der Waals surface area contributed by atoms with Crippen molar-refractivity contribution in [2.24, 2.45) is 0 Å². The molecule has 0 bridgehead atoms. The van der Waals surface area contributed by atoms with Gasteiger partial charge >= 0.3 is 12.2 Å². The Morgan fingerprint density at radius 1 is 0.684 bits per heavy atom. The molecule has 2 amide bonds. The summed E-state index contributed by atoms with van der Waals surface area (Å²) in [4.78, 5) is 22.8. The monoisotopic (exact) mass is 257 g/mol. The molecule has 0 atom stereocenters. The summed E-state index contributed by atoms with van der Waals surface area (Å²) < 4.78 is 9.74. The summed E-state index contributed by atoms with van der Waals surface area (Å²) in [5.41, 5.74) is 0. The molecule has 2 rings (SSSR count). The fraction of sp³-hybridized carbons (Fsp3) is 0. The van der Waals surface area contributed by atoms with Crippen LogP contribution in [-0.2, 0) is 0 Å². The highest BCUT2D eigenvalue weighted by Crippen LogP contribution is 2.09. The molecule has 5 nitrogen and oxygen atoms in total. The molecule has 0 heterocycles. The van der Waals surface area contributed by atoms with Crippen molar-refractivity contribution in [1.29, 1.82) is 0 Å². The minimum absolute atomic E-state index is 0.340. The predicted octanol–water partition coefficient (Wildman–Crippen LogP) is 2.97. The lowest BCUT2D eigenvalue weighted by Gasteiger charge is -2.06. The highest BCUT2D eigenvalue weighted by molar-refractivity contribution is 5.89. The van der Waals surface area contributed by atoms with Gasteiger partial charge in [-0.2, -0.15) is 0 Å². The molecule has 0 aliphatic carbocycles. The Balaban J connectivity index is 1.84. The van der Waals surface area contributed by atoms with Crippen molar-refractivity contribution < 1.29 is 19.1 Å². The molecular formula is C14H11NO4. The van der Waals surface area contributed by atoms with Gasteiger partial charge in [-0.25, -0.2) is 14.9 Å². The standard InChI is InChI=1S/C14H11NO4/c16-13(18-11-7-3-1-4-8-11)15-14(17)19-12-9-5-2-6-10-12/h1-10H,(H,15,16,17). The van der Waals surface area contributed by atoms with Crippen molar-refractivity contribution in [3.8, 4) is 11.5 Å². The van der Waals surface area contributed by atoms with Gasteiger partial charge in [-0.3, -0.25) is 0 Å². The molecule has 0 aliphatic heterocycles. The summed E-state index contributed by atoms with van der Waals surface area (Å²) >= 11 is 0. The van der Waals surface area contributed by atoms with E-state index in [-0.39, 0.29) is 0 Å². The molecule has 0 saturated heterocycles. The zero-order chi connectivity index (χ0) is 13.5. The number of para-hydroxylation sites is 2. The largest absolute Gasteiger partial charge is 0.422 e. The first-order chi connectivity index (χ1) is 9.24. The molecule has 96 valence electrons. The highest BCUT2D eigenvalue weighted by atomic mass is 16.6. The van der Waals surface area contributed by atoms with E-state index in [0.29, 0.717) is 11.5 Å². The van der Waals surface area contributed by atoms with Gasteiger partial charge in [0.1, 0.15) is 11.5 Å². The number of nitrogens with one attached hydrogen (secondary N) is 1.